The molecular formula is C15H27NO. The molecule has 1 saturated heterocycles. The first-order valence-corrected chi connectivity index (χ1v) is 7.42. The summed E-state index contributed by atoms with van der Waals surface area (Å²) in [4.78, 5) is 0. The van der Waals surface area contributed by atoms with Gasteiger partial charge in [-0.25, -0.2) is 0 Å². The Bertz CT molecular complexity index is 281. The van der Waals surface area contributed by atoms with Crippen molar-refractivity contribution in [2.24, 2.45) is 10.8 Å². The molecule has 0 aromatic rings. The van der Waals surface area contributed by atoms with Crippen molar-refractivity contribution in [2.75, 3.05) is 13.2 Å². The predicted molar refractivity (Wildman–Crippen MR) is 69.8 cm³/mol. The molecule has 1 aliphatic heterocycles. The smallest absolute Gasteiger partial charge is 0.119 e. The molecule has 3 fully saturated rings. The fraction of sp³-hybridized carbons (Fsp3) is 1.00. The van der Waals surface area contributed by atoms with Crippen LogP contribution in [0.1, 0.15) is 65.2 Å². The van der Waals surface area contributed by atoms with Crippen molar-refractivity contribution in [3.05, 3.63) is 0 Å². The molecule has 2 spiro atoms. The third-order valence-electron chi connectivity index (χ3n) is 5.30. The van der Waals surface area contributed by atoms with Crippen LogP contribution in [0.15, 0.2) is 0 Å². The summed E-state index contributed by atoms with van der Waals surface area (Å²) in [5.74, 6) is 0. The standard InChI is InChI=1S/C15H27NO/c1-13(2)6-5-9-15(10-13)16-11-14(12-17-15)7-3-4-8-14/h16H,3-12H2,1-2H3. The lowest BCUT2D eigenvalue weighted by molar-refractivity contribution is -0.176. The van der Waals surface area contributed by atoms with Crippen LogP contribution in [-0.2, 0) is 4.74 Å². The molecule has 2 saturated carbocycles. The maximum atomic E-state index is 6.37. The van der Waals surface area contributed by atoms with Crippen molar-refractivity contribution < 1.29 is 4.74 Å². The van der Waals surface area contributed by atoms with Crippen LogP contribution in [0.4, 0.5) is 0 Å². The van der Waals surface area contributed by atoms with Gasteiger partial charge < -0.3 is 4.74 Å². The van der Waals surface area contributed by atoms with Crippen LogP contribution in [0.3, 0.4) is 0 Å². The third kappa shape index (κ3) is 2.26. The molecular weight excluding hydrogens is 210 g/mol. The van der Waals surface area contributed by atoms with Gasteiger partial charge in [0.05, 0.1) is 6.61 Å². The predicted octanol–water partition coefficient (Wildman–Crippen LogP) is 3.46. The minimum absolute atomic E-state index is 0.0234. The van der Waals surface area contributed by atoms with E-state index in [9.17, 15) is 0 Å². The van der Waals surface area contributed by atoms with Crippen molar-refractivity contribution in [3.8, 4) is 0 Å². The van der Waals surface area contributed by atoms with Gasteiger partial charge in [0.25, 0.3) is 0 Å². The molecule has 2 aliphatic carbocycles. The van der Waals surface area contributed by atoms with E-state index in [1.54, 1.807) is 0 Å². The number of ether oxygens (including phenoxy) is 1. The molecule has 1 heterocycles. The summed E-state index contributed by atoms with van der Waals surface area (Å²) in [5.41, 5.74) is 0.966. The Kier molecular flexibility index (Phi) is 2.79. The summed E-state index contributed by atoms with van der Waals surface area (Å²) in [6.07, 6.45) is 10.6. The highest BCUT2D eigenvalue weighted by Crippen LogP contribution is 2.47. The van der Waals surface area contributed by atoms with Crippen molar-refractivity contribution in [2.45, 2.75) is 70.9 Å². The van der Waals surface area contributed by atoms with E-state index >= 15 is 0 Å². The number of nitrogens with one attached hydrogen (secondary N) is 1. The molecule has 3 rings (SSSR count). The molecule has 98 valence electrons. The van der Waals surface area contributed by atoms with E-state index in [1.807, 2.05) is 0 Å². The highest BCUT2D eigenvalue weighted by molar-refractivity contribution is 4.98. The van der Waals surface area contributed by atoms with Gasteiger partial charge in [-0.3, -0.25) is 5.32 Å². The van der Waals surface area contributed by atoms with Gasteiger partial charge in [0, 0.05) is 12.0 Å². The van der Waals surface area contributed by atoms with E-state index in [1.165, 1.54) is 57.9 Å². The van der Waals surface area contributed by atoms with E-state index in [-0.39, 0.29) is 5.72 Å². The normalized spacial score (nSPS) is 39.9. The van der Waals surface area contributed by atoms with Gasteiger partial charge in [-0.1, -0.05) is 26.7 Å². The first-order chi connectivity index (χ1) is 8.04. The lowest BCUT2D eigenvalue weighted by Crippen LogP contribution is -2.61. The Hall–Kier alpha value is -0.0800. The summed E-state index contributed by atoms with van der Waals surface area (Å²) in [6.45, 7) is 6.98. The van der Waals surface area contributed by atoms with Crippen LogP contribution in [0, 0.1) is 10.8 Å². The number of hydrogen-bond acceptors (Lipinski definition) is 2. The minimum atomic E-state index is 0.0234. The molecule has 0 aromatic heterocycles. The summed E-state index contributed by atoms with van der Waals surface area (Å²) in [5, 5.41) is 3.80. The van der Waals surface area contributed by atoms with Crippen LogP contribution in [0.25, 0.3) is 0 Å². The van der Waals surface area contributed by atoms with Crippen LogP contribution in [0.5, 0.6) is 0 Å². The fourth-order valence-corrected chi connectivity index (χ4v) is 4.26. The van der Waals surface area contributed by atoms with E-state index in [2.05, 4.69) is 19.2 Å². The third-order valence-corrected chi connectivity index (χ3v) is 5.30. The zero-order valence-corrected chi connectivity index (χ0v) is 11.5. The van der Waals surface area contributed by atoms with E-state index in [0.29, 0.717) is 10.8 Å². The second-order valence-corrected chi connectivity index (χ2v) is 7.54. The van der Waals surface area contributed by atoms with Crippen molar-refractivity contribution in [1.82, 2.24) is 5.32 Å². The average Bonchev–Trinajstić information content (AvgIpc) is 2.71. The molecule has 0 aromatic carbocycles. The SMILES string of the molecule is CC1(C)CCCC2(C1)NCC1(CCCC1)CO2. The summed E-state index contributed by atoms with van der Waals surface area (Å²) < 4.78 is 6.37. The Labute approximate surface area is 105 Å². The maximum absolute atomic E-state index is 6.37. The Balaban J connectivity index is 1.67. The molecule has 2 nitrogen and oxygen atoms in total. The first-order valence-electron chi connectivity index (χ1n) is 7.42. The number of rotatable bonds is 0. The number of hydrogen-bond donors (Lipinski definition) is 1. The van der Waals surface area contributed by atoms with Gasteiger partial charge in [0.1, 0.15) is 5.72 Å². The lowest BCUT2D eigenvalue weighted by atomic mass is 9.71. The van der Waals surface area contributed by atoms with E-state index in [4.69, 9.17) is 4.74 Å². The Morgan fingerprint density at radius 1 is 0.941 bits per heavy atom. The maximum Gasteiger partial charge on any atom is 0.119 e. The topological polar surface area (TPSA) is 21.3 Å². The summed E-state index contributed by atoms with van der Waals surface area (Å²) >= 11 is 0. The van der Waals surface area contributed by atoms with Crippen LogP contribution in [-0.4, -0.2) is 18.9 Å². The molecule has 1 N–H and O–H groups in total. The average molecular weight is 237 g/mol. The van der Waals surface area contributed by atoms with E-state index in [0.717, 1.165) is 6.61 Å². The molecule has 1 unspecified atom stereocenters. The molecule has 0 amide bonds. The van der Waals surface area contributed by atoms with Crippen LogP contribution in [0.2, 0.25) is 0 Å². The highest BCUT2D eigenvalue weighted by Gasteiger charge is 2.48. The molecule has 1 atom stereocenters. The van der Waals surface area contributed by atoms with Gasteiger partial charge in [-0.15, -0.1) is 0 Å². The Morgan fingerprint density at radius 3 is 2.29 bits per heavy atom. The quantitative estimate of drug-likeness (QED) is 0.696. The second kappa shape index (κ2) is 3.96. The van der Waals surface area contributed by atoms with E-state index < -0.39 is 0 Å². The summed E-state index contributed by atoms with van der Waals surface area (Å²) in [7, 11) is 0. The van der Waals surface area contributed by atoms with Crippen molar-refractivity contribution >= 4 is 0 Å². The highest BCUT2D eigenvalue weighted by atomic mass is 16.5. The monoisotopic (exact) mass is 237 g/mol. The van der Waals surface area contributed by atoms with Crippen molar-refractivity contribution in [3.63, 3.8) is 0 Å². The van der Waals surface area contributed by atoms with Gasteiger partial charge in [0.15, 0.2) is 0 Å². The molecule has 3 aliphatic rings. The second-order valence-electron chi connectivity index (χ2n) is 7.54. The lowest BCUT2D eigenvalue weighted by Gasteiger charge is -2.51. The van der Waals surface area contributed by atoms with Gasteiger partial charge in [-0.05, 0) is 43.9 Å². The van der Waals surface area contributed by atoms with Crippen molar-refractivity contribution in [1.29, 1.82) is 0 Å². The summed E-state index contributed by atoms with van der Waals surface area (Å²) in [6, 6.07) is 0. The molecule has 0 bridgehead atoms. The van der Waals surface area contributed by atoms with Gasteiger partial charge >= 0.3 is 0 Å². The fourth-order valence-electron chi connectivity index (χ4n) is 4.26. The largest absolute Gasteiger partial charge is 0.360 e. The van der Waals surface area contributed by atoms with Gasteiger partial charge in [0.2, 0.25) is 0 Å². The van der Waals surface area contributed by atoms with Gasteiger partial charge in [-0.2, -0.15) is 0 Å². The minimum Gasteiger partial charge on any atom is -0.360 e. The Morgan fingerprint density at radius 2 is 1.71 bits per heavy atom. The zero-order valence-electron chi connectivity index (χ0n) is 11.5. The molecule has 17 heavy (non-hydrogen) atoms. The first kappa shape index (κ1) is 12.0. The zero-order chi connectivity index (χ0) is 12.0. The van der Waals surface area contributed by atoms with Crippen LogP contribution >= 0.6 is 0 Å². The molecule has 0 radical (unpaired) electrons. The van der Waals surface area contributed by atoms with Crippen LogP contribution < -0.4 is 5.32 Å². The molecule has 2 heteroatoms.